The van der Waals surface area contributed by atoms with E-state index in [0.29, 0.717) is 6.54 Å². The van der Waals surface area contributed by atoms with Crippen LogP contribution in [0, 0.1) is 5.92 Å². The fourth-order valence-corrected chi connectivity index (χ4v) is 2.57. The third-order valence-electron chi connectivity index (χ3n) is 2.51. The van der Waals surface area contributed by atoms with Gasteiger partial charge in [0.15, 0.2) is 0 Å². The van der Waals surface area contributed by atoms with Gasteiger partial charge in [0.25, 0.3) is 0 Å². The number of nitrogens with one attached hydrogen (secondary N) is 1. The maximum absolute atomic E-state index is 9.74. The number of benzene rings is 1. The zero-order chi connectivity index (χ0) is 13.0. The Bertz CT molecular complexity index is 383. The standard InChI is InChI=1S/C12H17Br2NO2/c1-7(2)11(16)6-15-10-5-12(17-3)9(14)4-8(10)13/h4-5,7,11,15-16H,6H2,1-3H3. The molecule has 0 aliphatic rings. The molecule has 0 spiro atoms. The van der Waals surface area contributed by atoms with Crippen LogP contribution in [0.1, 0.15) is 13.8 Å². The third-order valence-corrected chi connectivity index (χ3v) is 3.79. The highest BCUT2D eigenvalue weighted by molar-refractivity contribution is 9.11. The van der Waals surface area contributed by atoms with Gasteiger partial charge in [-0.25, -0.2) is 0 Å². The fraction of sp³-hybridized carbons (Fsp3) is 0.500. The van der Waals surface area contributed by atoms with Gasteiger partial charge in [0.1, 0.15) is 5.75 Å². The van der Waals surface area contributed by atoms with Gasteiger partial charge in [0.05, 0.1) is 23.4 Å². The first kappa shape index (κ1) is 14.8. The molecule has 2 N–H and O–H groups in total. The smallest absolute Gasteiger partial charge is 0.135 e. The fourth-order valence-electron chi connectivity index (χ4n) is 1.27. The van der Waals surface area contributed by atoms with Gasteiger partial charge < -0.3 is 15.2 Å². The van der Waals surface area contributed by atoms with E-state index in [1.54, 1.807) is 7.11 Å². The van der Waals surface area contributed by atoms with Crippen LogP contribution in [0.5, 0.6) is 5.75 Å². The molecule has 0 aliphatic carbocycles. The van der Waals surface area contributed by atoms with Crippen molar-refractivity contribution in [1.82, 2.24) is 0 Å². The van der Waals surface area contributed by atoms with Gasteiger partial charge >= 0.3 is 0 Å². The first-order chi connectivity index (χ1) is 7.95. The van der Waals surface area contributed by atoms with E-state index in [0.717, 1.165) is 20.4 Å². The van der Waals surface area contributed by atoms with Crippen LogP contribution >= 0.6 is 31.9 Å². The average molecular weight is 367 g/mol. The van der Waals surface area contributed by atoms with Crippen LogP contribution in [-0.2, 0) is 0 Å². The Morgan fingerprint density at radius 2 is 1.94 bits per heavy atom. The summed E-state index contributed by atoms with van der Waals surface area (Å²) >= 11 is 6.88. The molecule has 17 heavy (non-hydrogen) atoms. The first-order valence-corrected chi connectivity index (χ1v) is 6.99. The van der Waals surface area contributed by atoms with Crippen LogP contribution in [0.3, 0.4) is 0 Å². The summed E-state index contributed by atoms with van der Waals surface area (Å²) in [5.41, 5.74) is 0.907. The summed E-state index contributed by atoms with van der Waals surface area (Å²) < 4.78 is 7.05. The number of anilines is 1. The number of methoxy groups -OCH3 is 1. The molecule has 0 aliphatic heterocycles. The number of aliphatic hydroxyl groups excluding tert-OH is 1. The first-order valence-electron chi connectivity index (χ1n) is 5.40. The van der Waals surface area contributed by atoms with Crippen molar-refractivity contribution in [1.29, 1.82) is 0 Å². The molecule has 0 amide bonds. The van der Waals surface area contributed by atoms with E-state index >= 15 is 0 Å². The van der Waals surface area contributed by atoms with Crippen LogP contribution in [0.2, 0.25) is 0 Å². The van der Waals surface area contributed by atoms with Gasteiger partial charge in [-0.3, -0.25) is 0 Å². The van der Waals surface area contributed by atoms with Crippen molar-refractivity contribution in [2.75, 3.05) is 19.0 Å². The monoisotopic (exact) mass is 365 g/mol. The molecule has 1 atom stereocenters. The lowest BCUT2D eigenvalue weighted by Gasteiger charge is -2.17. The lowest BCUT2D eigenvalue weighted by molar-refractivity contribution is 0.138. The van der Waals surface area contributed by atoms with Gasteiger partial charge in [0.2, 0.25) is 0 Å². The molecule has 1 aromatic carbocycles. The van der Waals surface area contributed by atoms with E-state index < -0.39 is 0 Å². The lowest BCUT2D eigenvalue weighted by atomic mass is 10.1. The highest BCUT2D eigenvalue weighted by atomic mass is 79.9. The minimum atomic E-state index is -0.364. The lowest BCUT2D eigenvalue weighted by Crippen LogP contribution is -2.24. The van der Waals surface area contributed by atoms with Crippen LogP contribution in [0.15, 0.2) is 21.1 Å². The maximum atomic E-state index is 9.74. The maximum Gasteiger partial charge on any atom is 0.135 e. The second-order valence-corrected chi connectivity index (χ2v) is 5.87. The van der Waals surface area contributed by atoms with Gasteiger partial charge in [-0.1, -0.05) is 13.8 Å². The van der Waals surface area contributed by atoms with Gasteiger partial charge in [0, 0.05) is 17.1 Å². The van der Waals surface area contributed by atoms with Crippen LogP contribution in [0.25, 0.3) is 0 Å². The van der Waals surface area contributed by atoms with E-state index in [-0.39, 0.29) is 12.0 Å². The van der Waals surface area contributed by atoms with E-state index in [1.165, 1.54) is 0 Å². The molecule has 1 aromatic rings. The molecule has 0 heterocycles. The van der Waals surface area contributed by atoms with E-state index in [4.69, 9.17) is 4.74 Å². The largest absolute Gasteiger partial charge is 0.495 e. The van der Waals surface area contributed by atoms with Crippen LogP contribution in [-0.4, -0.2) is 24.9 Å². The number of hydrogen-bond donors (Lipinski definition) is 2. The van der Waals surface area contributed by atoms with Crippen LogP contribution in [0.4, 0.5) is 5.69 Å². The second kappa shape index (κ2) is 6.61. The molecule has 0 saturated carbocycles. The second-order valence-electron chi connectivity index (χ2n) is 4.16. The minimum Gasteiger partial charge on any atom is -0.495 e. The quantitative estimate of drug-likeness (QED) is 0.835. The van der Waals surface area contributed by atoms with Crippen molar-refractivity contribution in [2.24, 2.45) is 5.92 Å². The number of aliphatic hydroxyl groups is 1. The van der Waals surface area contributed by atoms with Crippen molar-refractivity contribution in [3.8, 4) is 5.75 Å². The van der Waals surface area contributed by atoms with Crippen molar-refractivity contribution in [3.05, 3.63) is 21.1 Å². The Balaban J connectivity index is 2.77. The van der Waals surface area contributed by atoms with Gasteiger partial charge in [-0.05, 0) is 43.8 Å². The minimum absolute atomic E-state index is 0.235. The molecular weight excluding hydrogens is 350 g/mol. The zero-order valence-electron chi connectivity index (χ0n) is 10.1. The molecule has 0 aromatic heterocycles. The molecule has 0 saturated heterocycles. The number of hydrogen-bond acceptors (Lipinski definition) is 3. The van der Waals surface area contributed by atoms with Crippen molar-refractivity contribution >= 4 is 37.5 Å². The summed E-state index contributed by atoms with van der Waals surface area (Å²) in [6.45, 7) is 4.49. The highest BCUT2D eigenvalue weighted by Crippen LogP contribution is 2.34. The summed E-state index contributed by atoms with van der Waals surface area (Å²) in [4.78, 5) is 0. The van der Waals surface area contributed by atoms with Gasteiger partial charge in [-0.15, -0.1) is 0 Å². The molecule has 3 nitrogen and oxygen atoms in total. The third kappa shape index (κ3) is 4.16. The molecule has 1 unspecified atom stereocenters. The summed E-state index contributed by atoms with van der Waals surface area (Å²) in [6.07, 6.45) is -0.364. The van der Waals surface area contributed by atoms with E-state index in [9.17, 15) is 5.11 Å². The normalized spacial score (nSPS) is 12.6. The number of rotatable bonds is 5. The zero-order valence-corrected chi connectivity index (χ0v) is 13.3. The van der Waals surface area contributed by atoms with Crippen molar-refractivity contribution in [3.63, 3.8) is 0 Å². The molecule has 0 fully saturated rings. The summed E-state index contributed by atoms with van der Waals surface area (Å²) in [6, 6.07) is 3.81. The molecular formula is C12H17Br2NO2. The van der Waals surface area contributed by atoms with Crippen molar-refractivity contribution in [2.45, 2.75) is 20.0 Å². The summed E-state index contributed by atoms with van der Waals surface area (Å²) in [7, 11) is 1.63. The Hall–Kier alpha value is -0.260. The van der Waals surface area contributed by atoms with E-state index in [1.807, 2.05) is 26.0 Å². The topological polar surface area (TPSA) is 41.5 Å². The number of ether oxygens (including phenoxy) is 1. The Morgan fingerprint density at radius 1 is 1.29 bits per heavy atom. The SMILES string of the molecule is COc1cc(NCC(O)C(C)C)c(Br)cc1Br. The molecule has 1 rings (SSSR count). The van der Waals surface area contributed by atoms with Gasteiger partial charge in [-0.2, -0.15) is 0 Å². The molecule has 5 heteroatoms. The Kier molecular flexibility index (Phi) is 5.76. The molecule has 96 valence electrons. The van der Waals surface area contributed by atoms with E-state index in [2.05, 4.69) is 37.2 Å². The predicted molar refractivity (Wildman–Crippen MR) is 77.7 cm³/mol. The summed E-state index contributed by atoms with van der Waals surface area (Å²) in [5.74, 6) is 0.994. The van der Waals surface area contributed by atoms with Crippen molar-refractivity contribution < 1.29 is 9.84 Å². The number of halogens is 2. The van der Waals surface area contributed by atoms with Crippen LogP contribution < -0.4 is 10.1 Å². The average Bonchev–Trinajstić information content (AvgIpc) is 2.27. The highest BCUT2D eigenvalue weighted by Gasteiger charge is 2.11. The Morgan fingerprint density at radius 3 is 2.47 bits per heavy atom. The predicted octanol–water partition coefficient (Wildman–Crippen LogP) is 3.65. The molecule has 0 bridgehead atoms. The Labute approximate surface area is 119 Å². The molecule has 0 radical (unpaired) electrons. The summed E-state index contributed by atoms with van der Waals surface area (Å²) in [5, 5.41) is 12.9.